The Bertz CT molecular complexity index is 549. The van der Waals surface area contributed by atoms with Gasteiger partial charge in [-0.3, -0.25) is 4.98 Å². The van der Waals surface area contributed by atoms with Crippen LogP contribution in [0.25, 0.3) is 10.9 Å². The van der Waals surface area contributed by atoms with Crippen molar-refractivity contribution in [3.8, 4) is 0 Å². The van der Waals surface area contributed by atoms with Crippen LogP contribution in [0.1, 0.15) is 29.8 Å². The second-order valence-electron chi connectivity index (χ2n) is 3.75. The summed E-state index contributed by atoms with van der Waals surface area (Å²) in [5.74, 6) is -0.261. The molecule has 0 amide bonds. The van der Waals surface area contributed by atoms with Crippen molar-refractivity contribution >= 4 is 16.9 Å². The maximum atomic E-state index is 12.0. The number of esters is 1. The molecule has 0 unspecified atom stereocenters. The highest BCUT2D eigenvalue weighted by Crippen LogP contribution is 2.21. The van der Waals surface area contributed by atoms with Crippen LogP contribution in [-0.4, -0.2) is 17.6 Å². The van der Waals surface area contributed by atoms with Gasteiger partial charge in [0.05, 0.1) is 17.7 Å². The number of hydrogen-bond donors (Lipinski definition) is 0. The molecular weight excluding hydrogens is 214 g/mol. The molecule has 0 saturated carbocycles. The number of hydrogen-bond acceptors (Lipinski definition) is 3. The summed E-state index contributed by atoms with van der Waals surface area (Å²) >= 11 is 0. The molecule has 3 heteroatoms. The van der Waals surface area contributed by atoms with Crippen LogP contribution in [0.15, 0.2) is 30.5 Å². The summed E-state index contributed by atoms with van der Waals surface area (Å²) in [5, 5.41) is 0.866. The second-order valence-corrected chi connectivity index (χ2v) is 3.75. The van der Waals surface area contributed by atoms with Crippen LogP contribution in [0, 0.1) is 0 Å². The smallest absolute Gasteiger partial charge is 0.339 e. The average molecular weight is 229 g/mol. The van der Waals surface area contributed by atoms with Crippen LogP contribution < -0.4 is 0 Å². The number of benzene rings is 1. The Balaban J connectivity index is 2.67. The lowest BCUT2D eigenvalue weighted by Gasteiger charge is -2.10. The summed E-state index contributed by atoms with van der Waals surface area (Å²) in [6.45, 7) is 4.21. The first-order valence-corrected chi connectivity index (χ1v) is 5.81. The molecule has 0 fully saturated rings. The lowest BCUT2D eigenvalue weighted by molar-refractivity contribution is 0.0527. The first-order chi connectivity index (χ1) is 8.27. The molecule has 0 spiro atoms. The van der Waals surface area contributed by atoms with E-state index in [4.69, 9.17) is 4.74 Å². The molecule has 0 aliphatic carbocycles. The maximum Gasteiger partial charge on any atom is 0.339 e. The number of aromatic nitrogens is 1. The van der Waals surface area contributed by atoms with E-state index in [0.717, 1.165) is 22.9 Å². The second kappa shape index (κ2) is 4.95. The van der Waals surface area contributed by atoms with E-state index in [0.29, 0.717) is 12.2 Å². The Labute approximate surface area is 100 Å². The third kappa shape index (κ3) is 2.13. The quantitative estimate of drug-likeness (QED) is 0.759. The summed E-state index contributed by atoms with van der Waals surface area (Å²) < 4.78 is 5.11. The molecule has 0 radical (unpaired) electrons. The van der Waals surface area contributed by atoms with Gasteiger partial charge in [-0.1, -0.05) is 25.1 Å². The summed E-state index contributed by atoms with van der Waals surface area (Å²) in [6, 6.07) is 7.63. The summed E-state index contributed by atoms with van der Waals surface area (Å²) in [5.41, 5.74) is 2.41. The van der Waals surface area contributed by atoms with E-state index in [1.54, 1.807) is 6.20 Å². The summed E-state index contributed by atoms with van der Waals surface area (Å²) in [7, 11) is 0. The molecule has 0 aliphatic heterocycles. The van der Waals surface area contributed by atoms with E-state index in [1.165, 1.54) is 0 Å². The van der Waals surface area contributed by atoms with Crippen molar-refractivity contribution in [1.82, 2.24) is 4.98 Å². The van der Waals surface area contributed by atoms with Crippen molar-refractivity contribution in [2.24, 2.45) is 0 Å². The molecular formula is C14H15NO2. The van der Waals surface area contributed by atoms with Gasteiger partial charge >= 0.3 is 5.97 Å². The Morgan fingerprint density at radius 1 is 1.29 bits per heavy atom. The molecule has 0 N–H and O–H groups in total. The van der Waals surface area contributed by atoms with Gasteiger partial charge < -0.3 is 4.74 Å². The van der Waals surface area contributed by atoms with Gasteiger partial charge in [0.15, 0.2) is 0 Å². The van der Waals surface area contributed by atoms with Crippen LogP contribution in [0.2, 0.25) is 0 Å². The largest absolute Gasteiger partial charge is 0.462 e. The molecule has 0 bridgehead atoms. The highest BCUT2D eigenvalue weighted by molar-refractivity contribution is 6.04. The average Bonchev–Trinajstić information content (AvgIpc) is 2.37. The van der Waals surface area contributed by atoms with Crippen molar-refractivity contribution in [3.63, 3.8) is 0 Å². The van der Waals surface area contributed by atoms with Crippen LogP contribution in [0.5, 0.6) is 0 Å². The predicted octanol–water partition coefficient (Wildman–Crippen LogP) is 2.97. The first kappa shape index (κ1) is 11.6. The highest BCUT2D eigenvalue weighted by Gasteiger charge is 2.15. The molecule has 88 valence electrons. The minimum absolute atomic E-state index is 0.261. The Hall–Kier alpha value is -1.90. The molecule has 0 aliphatic rings. The number of carbonyl (C=O) groups excluding carboxylic acids is 1. The molecule has 2 aromatic rings. The number of fused-ring (bicyclic) bond motifs is 1. The normalized spacial score (nSPS) is 10.5. The standard InChI is InChI=1S/C14H15NO2/c1-3-10-9-15-12-8-6-5-7-11(12)13(10)14(16)17-4-2/h5-9H,3-4H2,1-2H3. The molecule has 0 atom stereocenters. The van der Waals surface area contributed by atoms with Gasteiger partial charge in [0.2, 0.25) is 0 Å². The van der Waals surface area contributed by atoms with E-state index in [2.05, 4.69) is 4.98 Å². The molecule has 2 rings (SSSR count). The van der Waals surface area contributed by atoms with Crippen LogP contribution in [-0.2, 0) is 11.2 Å². The lowest BCUT2D eigenvalue weighted by Crippen LogP contribution is -2.09. The number of aryl methyl sites for hydroxylation is 1. The number of rotatable bonds is 3. The monoisotopic (exact) mass is 229 g/mol. The SMILES string of the molecule is CCOC(=O)c1c(CC)cnc2ccccc12. The van der Waals surface area contributed by atoms with E-state index in [1.807, 2.05) is 38.1 Å². The van der Waals surface area contributed by atoms with Crippen molar-refractivity contribution < 1.29 is 9.53 Å². The summed E-state index contributed by atoms with van der Waals surface area (Å²) in [6.07, 6.45) is 2.53. The Morgan fingerprint density at radius 3 is 2.76 bits per heavy atom. The number of ether oxygens (including phenoxy) is 1. The van der Waals surface area contributed by atoms with Gasteiger partial charge in [-0.05, 0) is 25.0 Å². The van der Waals surface area contributed by atoms with E-state index >= 15 is 0 Å². The minimum atomic E-state index is -0.261. The fraction of sp³-hybridized carbons (Fsp3) is 0.286. The van der Waals surface area contributed by atoms with Crippen LogP contribution in [0.4, 0.5) is 0 Å². The number of carbonyl (C=O) groups is 1. The fourth-order valence-electron chi connectivity index (χ4n) is 1.89. The van der Waals surface area contributed by atoms with Crippen LogP contribution in [0.3, 0.4) is 0 Å². The van der Waals surface area contributed by atoms with Gasteiger partial charge in [-0.2, -0.15) is 0 Å². The molecule has 1 aromatic carbocycles. The number of pyridine rings is 1. The van der Waals surface area contributed by atoms with E-state index in [9.17, 15) is 4.79 Å². The number of nitrogens with zero attached hydrogens (tertiary/aromatic N) is 1. The summed E-state index contributed by atoms with van der Waals surface area (Å²) in [4.78, 5) is 16.3. The van der Waals surface area contributed by atoms with Gasteiger partial charge in [-0.15, -0.1) is 0 Å². The zero-order valence-electron chi connectivity index (χ0n) is 10.1. The molecule has 1 heterocycles. The lowest BCUT2D eigenvalue weighted by atomic mass is 10.0. The Morgan fingerprint density at radius 2 is 2.06 bits per heavy atom. The topological polar surface area (TPSA) is 39.2 Å². The predicted molar refractivity (Wildman–Crippen MR) is 67.1 cm³/mol. The Kier molecular flexibility index (Phi) is 3.38. The van der Waals surface area contributed by atoms with Crippen molar-refractivity contribution in [2.75, 3.05) is 6.61 Å². The third-order valence-electron chi connectivity index (χ3n) is 2.71. The highest BCUT2D eigenvalue weighted by atomic mass is 16.5. The first-order valence-electron chi connectivity index (χ1n) is 5.81. The molecule has 17 heavy (non-hydrogen) atoms. The van der Waals surface area contributed by atoms with Gasteiger partial charge in [0, 0.05) is 11.6 Å². The van der Waals surface area contributed by atoms with Gasteiger partial charge in [0.1, 0.15) is 0 Å². The fourth-order valence-corrected chi connectivity index (χ4v) is 1.89. The zero-order chi connectivity index (χ0) is 12.3. The van der Waals surface area contributed by atoms with Gasteiger partial charge in [0.25, 0.3) is 0 Å². The van der Waals surface area contributed by atoms with Crippen molar-refractivity contribution in [2.45, 2.75) is 20.3 Å². The van der Waals surface area contributed by atoms with Crippen LogP contribution >= 0.6 is 0 Å². The van der Waals surface area contributed by atoms with E-state index < -0.39 is 0 Å². The van der Waals surface area contributed by atoms with Crippen molar-refractivity contribution in [1.29, 1.82) is 0 Å². The molecule has 3 nitrogen and oxygen atoms in total. The minimum Gasteiger partial charge on any atom is -0.462 e. The van der Waals surface area contributed by atoms with Crippen molar-refractivity contribution in [3.05, 3.63) is 41.6 Å². The molecule has 0 saturated heterocycles. The van der Waals surface area contributed by atoms with E-state index in [-0.39, 0.29) is 5.97 Å². The maximum absolute atomic E-state index is 12.0. The molecule has 1 aromatic heterocycles. The number of para-hydroxylation sites is 1. The third-order valence-corrected chi connectivity index (χ3v) is 2.71. The van der Waals surface area contributed by atoms with Gasteiger partial charge in [-0.25, -0.2) is 4.79 Å². The zero-order valence-corrected chi connectivity index (χ0v) is 10.1.